The van der Waals surface area contributed by atoms with Gasteiger partial charge in [0.15, 0.2) is 5.96 Å². The van der Waals surface area contributed by atoms with Gasteiger partial charge < -0.3 is 19.7 Å². The molecule has 0 radical (unpaired) electrons. The van der Waals surface area contributed by atoms with Crippen molar-refractivity contribution in [1.29, 1.82) is 0 Å². The predicted molar refractivity (Wildman–Crippen MR) is 93.8 cm³/mol. The lowest BCUT2D eigenvalue weighted by Gasteiger charge is -2.31. The molecule has 0 fully saturated rings. The number of nitrogens with zero attached hydrogens (tertiary/aromatic N) is 2. The Morgan fingerprint density at radius 1 is 1.22 bits per heavy atom. The molecule has 1 aliphatic heterocycles. The molecule has 0 spiro atoms. The van der Waals surface area contributed by atoms with Crippen LogP contribution in [0.4, 0.5) is 0 Å². The van der Waals surface area contributed by atoms with Crippen LogP contribution in [-0.2, 0) is 22.4 Å². The highest BCUT2D eigenvalue weighted by atomic mass is 16.5. The van der Waals surface area contributed by atoms with E-state index in [4.69, 9.17) is 14.5 Å². The second kappa shape index (κ2) is 10.2. The van der Waals surface area contributed by atoms with Crippen molar-refractivity contribution >= 4 is 5.96 Å². The summed E-state index contributed by atoms with van der Waals surface area (Å²) in [6, 6.07) is 8.68. The van der Waals surface area contributed by atoms with E-state index >= 15 is 0 Å². The van der Waals surface area contributed by atoms with Gasteiger partial charge in [0.1, 0.15) is 0 Å². The predicted octanol–water partition coefficient (Wildman–Crippen LogP) is 2.06. The molecule has 1 N–H and O–H groups in total. The van der Waals surface area contributed by atoms with Crippen LogP contribution in [0.5, 0.6) is 0 Å². The Bertz CT molecular complexity index is 491. The van der Waals surface area contributed by atoms with E-state index in [-0.39, 0.29) is 0 Å². The van der Waals surface area contributed by atoms with Crippen LogP contribution in [0, 0.1) is 0 Å². The molecule has 1 aromatic carbocycles. The van der Waals surface area contributed by atoms with Crippen LogP contribution in [0.1, 0.15) is 24.5 Å². The zero-order valence-corrected chi connectivity index (χ0v) is 14.4. The van der Waals surface area contributed by atoms with Crippen LogP contribution in [-0.4, -0.2) is 57.4 Å². The molecule has 0 amide bonds. The number of benzene rings is 1. The third-order valence-electron chi connectivity index (χ3n) is 3.91. The molecule has 2 rings (SSSR count). The lowest BCUT2D eigenvalue weighted by molar-refractivity contribution is 0.0702. The third-order valence-corrected chi connectivity index (χ3v) is 3.91. The normalized spacial score (nSPS) is 14.7. The van der Waals surface area contributed by atoms with Gasteiger partial charge >= 0.3 is 0 Å². The Morgan fingerprint density at radius 3 is 2.83 bits per heavy atom. The third kappa shape index (κ3) is 5.84. The first-order valence-corrected chi connectivity index (χ1v) is 8.52. The van der Waals surface area contributed by atoms with Crippen molar-refractivity contribution < 1.29 is 9.47 Å². The van der Waals surface area contributed by atoms with Crippen molar-refractivity contribution in [2.24, 2.45) is 4.99 Å². The average molecular weight is 319 g/mol. The van der Waals surface area contributed by atoms with Crippen LogP contribution in [0.3, 0.4) is 0 Å². The van der Waals surface area contributed by atoms with Gasteiger partial charge in [-0.25, -0.2) is 0 Å². The molecule has 0 aromatic heterocycles. The van der Waals surface area contributed by atoms with E-state index in [0.717, 1.165) is 51.6 Å². The molecule has 1 aliphatic rings. The SMILES string of the molecule is CCNC(=NCCCOCCOC)N1CCc2ccccc2C1. The standard InChI is InChI=1S/C18H29N3O2/c1-3-19-18(20-10-6-12-23-14-13-22-2)21-11-9-16-7-4-5-8-17(16)15-21/h4-5,7-8H,3,6,9-15H2,1-2H3,(H,19,20). The Labute approximate surface area is 139 Å². The number of nitrogens with one attached hydrogen (secondary N) is 1. The molecule has 0 saturated heterocycles. The Balaban J connectivity index is 1.82. The fraction of sp³-hybridized carbons (Fsp3) is 0.611. The Morgan fingerprint density at radius 2 is 2.04 bits per heavy atom. The number of guanidine groups is 1. The molecule has 1 aromatic rings. The summed E-state index contributed by atoms with van der Waals surface area (Å²) in [6.45, 7) is 7.78. The van der Waals surface area contributed by atoms with Crippen molar-refractivity contribution in [3.63, 3.8) is 0 Å². The van der Waals surface area contributed by atoms with E-state index in [1.54, 1.807) is 7.11 Å². The summed E-state index contributed by atoms with van der Waals surface area (Å²) in [7, 11) is 1.69. The van der Waals surface area contributed by atoms with E-state index < -0.39 is 0 Å². The second-order valence-corrected chi connectivity index (χ2v) is 5.63. The number of methoxy groups -OCH3 is 1. The first kappa shape index (κ1) is 17.8. The van der Waals surface area contributed by atoms with Gasteiger partial charge in [0.25, 0.3) is 0 Å². The number of fused-ring (bicyclic) bond motifs is 1. The first-order valence-electron chi connectivity index (χ1n) is 8.52. The second-order valence-electron chi connectivity index (χ2n) is 5.63. The van der Waals surface area contributed by atoms with Crippen LogP contribution >= 0.6 is 0 Å². The summed E-state index contributed by atoms with van der Waals surface area (Å²) in [4.78, 5) is 7.09. The molecule has 0 bridgehead atoms. The number of rotatable bonds is 8. The monoisotopic (exact) mass is 319 g/mol. The zero-order chi connectivity index (χ0) is 16.3. The number of hydrogen-bond donors (Lipinski definition) is 1. The molecule has 5 nitrogen and oxygen atoms in total. The van der Waals surface area contributed by atoms with E-state index in [0.29, 0.717) is 13.2 Å². The molecular formula is C18H29N3O2. The maximum Gasteiger partial charge on any atom is 0.194 e. The van der Waals surface area contributed by atoms with Crippen molar-refractivity contribution in [1.82, 2.24) is 10.2 Å². The Hall–Kier alpha value is -1.59. The quantitative estimate of drug-likeness (QED) is 0.453. The zero-order valence-electron chi connectivity index (χ0n) is 14.4. The smallest absolute Gasteiger partial charge is 0.194 e. The van der Waals surface area contributed by atoms with Gasteiger partial charge in [-0.1, -0.05) is 24.3 Å². The van der Waals surface area contributed by atoms with Gasteiger partial charge in [-0.3, -0.25) is 4.99 Å². The minimum absolute atomic E-state index is 0.652. The number of hydrogen-bond acceptors (Lipinski definition) is 3. The largest absolute Gasteiger partial charge is 0.382 e. The van der Waals surface area contributed by atoms with Gasteiger partial charge in [-0.15, -0.1) is 0 Å². The average Bonchev–Trinajstić information content (AvgIpc) is 2.59. The molecule has 0 atom stereocenters. The van der Waals surface area contributed by atoms with Crippen LogP contribution in [0.25, 0.3) is 0 Å². The maximum atomic E-state index is 5.48. The molecule has 0 saturated carbocycles. The highest BCUT2D eigenvalue weighted by Crippen LogP contribution is 2.18. The van der Waals surface area contributed by atoms with Crippen LogP contribution in [0.15, 0.2) is 29.3 Å². The summed E-state index contributed by atoms with van der Waals surface area (Å²) in [6.07, 6.45) is 2.02. The molecular weight excluding hydrogens is 290 g/mol. The van der Waals surface area contributed by atoms with Gasteiger partial charge in [-0.2, -0.15) is 0 Å². The molecule has 128 valence electrons. The lowest BCUT2D eigenvalue weighted by Crippen LogP contribution is -2.44. The number of aliphatic imine (C=N–C) groups is 1. The molecule has 5 heteroatoms. The van der Waals surface area contributed by atoms with Gasteiger partial charge in [0, 0.05) is 39.9 Å². The van der Waals surface area contributed by atoms with Gasteiger partial charge in [-0.05, 0) is 30.9 Å². The molecule has 1 heterocycles. The topological polar surface area (TPSA) is 46.1 Å². The first-order chi connectivity index (χ1) is 11.3. The molecule has 0 unspecified atom stereocenters. The summed E-state index contributed by atoms with van der Waals surface area (Å²) in [5.74, 6) is 1.01. The highest BCUT2D eigenvalue weighted by Gasteiger charge is 2.18. The number of ether oxygens (including phenoxy) is 2. The Kier molecular flexibility index (Phi) is 7.90. The lowest BCUT2D eigenvalue weighted by atomic mass is 10.0. The van der Waals surface area contributed by atoms with E-state index in [1.165, 1.54) is 11.1 Å². The highest BCUT2D eigenvalue weighted by molar-refractivity contribution is 5.80. The maximum absolute atomic E-state index is 5.48. The molecule has 23 heavy (non-hydrogen) atoms. The van der Waals surface area contributed by atoms with Crippen molar-refractivity contribution in [2.75, 3.05) is 46.6 Å². The minimum Gasteiger partial charge on any atom is -0.382 e. The van der Waals surface area contributed by atoms with Crippen molar-refractivity contribution in [3.8, 4) is 0 Å². The van der Waals surface area contributed by atoms with Crippen molar-refractivity contribution in [3.05, 3.63) is 35.4 Å². The molecule has 0 aliphatic carbocycles. The summed E-state index contributed by atoms with van der Waals surface area (Å²) < 4.78 is 10.4. The van der Waals surface area contributed by atoms with E-state index in [2.05, 4.69) is 41.4 Å². The summed E-state index contributed by atoms with van der Waals surface area (Å²) in [5.41, 5.74) is 2.87. The van der Waals surface area contributed by atoms with Crippen LogP contribution in [0.2, 0.25) is 0 Å². The van der Waals surface area contributed by atoms with Crippen LogP contribution < -0.4 is 5.32 Å². The van der Waals surface area contributed by atoms with E-state index in [1.807, 2.05) is 0 Å². The van der Waals surface area contributed by atoms with Crippen molar-refractivity contribution in [2.45, 2.75) is 26.3 Å². The van der Waals surface area contributed by atoms with Gasteiger partial charge in [0.2, 0.25) is 0 Å². The van der Waals surface area contributed by atoms with Gasteiger partial charge in [0.05, 0.1) is 13.2 Å². The summed E-state index contributed by atoms with van der Waals surface area (Å²) in [5, 5.41) is 3.41. The fourth-order valence-electron chi connectivity index (χ4n) is 2.70. The summed E-state index contributed by atoms with van der Waals surface area (Å²) >= 11 is 0. The van der Waals surface area contributed by atoms with E-state index in [9.17, 15) is 0 Å². The minimum atomic E-state index is 0.652. The fourth-order valence-corrected chi connectivity index (χ4v) is 2.70.